The van der Waals surface area contributed by atoms with Gasteiger partial charge >= 0.3 is 0 Å². The molecule has 2 rings (SSSR count). The number of nitrogen functional groups attached to an aromatic ring is 1. The number of rotatable bonds is 7. The average molecular weight is 249 g/mol. The van der Waals surface area contributed by atoms with E-state index in [4.69, 9.17) is 15.2 Å². The first-order valence-corrected chi connectivity index (χ1v) is 6.09. The zero-order valence-corrected chi connectivity index (χ0v) is 10.6. The predicted molar refractivity (Wildman–Crippen MR) is 71.5 cm³/mol. The van der Waals surface area contributed by atoms with Gasteiger partial charge in [-0.25, -0.2) is 0 Å². The van der Waals surface area contributed by atoms with Crippen molar-refractivity contribution >= 4 is 16.6 Å². The van der Waals surface area contributed by atoms with Gasteiger partial charge in [-0.3, -0.25) is 4.68 Å². The second-order valence-corrected chi connectivity index (χ2v) is 4.14. The van der Waals surface area contributed by atoms with E-state index in [1.807, 2.05) is 29.1 Å². The van der Waals surface area contributed by atoms with E-state index >= 15 is 0 Å². The lowest BCUT2D eigenvalue weighted by atomic mass is 10.2. The largest absolute Gasteiger partial charge is 0.399 e. The number of nitrogens with zero attached hydrogens (tertiary/aromatic N) is 2. The van der Waals surface area contributed by atoms with E-state index in [0.717, 1.165) is 42.8 Å². The van der Waals surface area contributed by atoms with Crippen LogP contribution in [0.25, 0.3) is 10.9 Å². The van der Waals surface area contributed by atoms with Crippen LogP contribution < -0.4 is 5.73 Å². The molecule has 0 saturated carbocycles. The Balaban J connectivity index is 1.86. The van der Waals surface area contributed by atoms with Crippen molar-refractivity contribution < 1.29 is 9.47 Å². The maximum Gasteiger partial charge on any atom is 0.0703 e. The van der Waals surface area contributed by atoms with E-state index in [1.165, 1.54) is 0 Å². The summed E-state index contributed by atoms with van der Waals surface area (Å²) in [5.74, 6) is 0. The summed E-state index contributed by atoms with van der Waals surface area (Å²) in [5, 5.41) is 5.43. The van der Waals surface area contributed by atoms with Crippen LogP contribution >= 0.6 is 0 Å². The number of nitrogens with two attached hydrogens (primary N) is 1. The van der Waals surface area contributed by atoms with Crippen molar-refractivity contribution in [2.75, 3.05) is 32.7 Å². The molecule has 18 heavy (non-hydrogen) atoms. The predicted octanol–water partition coefficient (Wildman–Crippen LogP) is 1.67. The minimum Gasteiger partial charge on any atom is -0.399 e. The van der Waals surface area contributed by atoms with Gasteiger partial charge in [0.15, 0.2) is 0 Å². The summed E-state index contributed by atoms with van der Waals surface area (Å²) >= 11 is 0. The van der Waals surface area contributed by atoms with Crippen molar-refractivity contribution in [2.45, 2.75) is 13.0 Å². The Bertz CT molecular complexity index is 496. The maximum absolute atomic E-state index is 5.78. The molecule has 0 atom stereocenters. The van der Waals surface area contributed by atoms with E-state index in [0.29, 0.717) is 6.61 Å². The van der Waals surface area contributed by atoms with Crippen molar-refractivity contribution in [2.24, 2.45) is 0 Å². The Hall–Kier alpha value is -1.59. The molecular weight excluding hydrogens is 230 g/mol. The van der Waals surface area contributed by atoms with E-state index < -0.39 is 0 Å². The summed E-state index contributed by atoms with van der Waals surface area (Å²) in [6.45, 7) is 2.84. The zero-order chi connectivity index (χ0) is 12.8. The molecule has 0 aliphatic carbocycles. The topological polar surface area (TPSA) is 62.3 Å². The van der Waals surface area contributed by atoms with E-state index in [2.05, 4.69) is 5.10 Å². The first-order chi connectivity index (χ1) is 8.81. The van der Waals surface area contributed by atoms with Crippen molar-refractivity contribution in [3.63, 3.8) is 0 Å². The summed E-state index contributed by atoms with van der Waals surface area (Å²) in [6.07, 6.45) is 2.77. The number of anilines is 1. The van der Waals surface area contributed by atoms with Gasteiger partial charge in [0, 0.05) is 31.4 Å². The molecule has 0 unspecified atom stereocenters. The standard InChI is InChI=1S/C13H19N3O2/c1-17-6-2-7-18-8-5-16-13-9-12(14)4-3-11(13)10-15-16/h3-4,9-10H,2,5-8,14H2,1H3. The monoisotopic (exact) mass is 249 g/mol. The lowest BCUT2D eigenvalue weighted by Gasteiger charge is -2.05. The third kappa shape index (κ3) is 3.21. The zero-order valence-electron chi connectivity index (χ0n) is 10.6. The summed E-state index contributed by atoms with van der Waals surface area (Å²) < 4.78 is 12.4. The Morgan fingerprint density at radius 2 is 2.17 bits per heavy atom. The fourth-order valence-electron chi connectivity index (χ4n) is 1.82. The average Bonchev–Trinajstić information content (AvgIpc) is 2.76. The Kier molecular flexibility index (Phi) is 4.55. The van der Waals surface area contributed by atoms with Gasteiger partial charge < -0.3 is 15.2 Å². The molecular formula is C13H19N3O2. The Labute approximate surface area is 106 Å². The third-order valence-electron chi connectivity index (χ3n) is 2.75. The first kappa shape index (κ1) is 12.9. The number of hydrogen-bond donors (Lipinski definition) is 1. The second-order valence-electron chi connectivity index (χ2n) is 4.14. The third-order valence-corrected chi connectivity index (χ3v) is 2.75. The van der Waals surface area contributed by atoms with Crippen molar-refractivity contribution in [1.82, 2.24) is 9.78 Å². The van der Waals surface area contributed by atoms with Crippen LogP contribution in [0.4, 0.5) is 5.69 Å². The van der Waals surface area contributed by atoms with E-state index in [-0.39, 0.29) is 0 Å². The number of benzene rings is 1. The van der Waals surface area contributed by atoms with Gasteiger partial charge in [-0.05, 0) is 24.6 Å². The van der Waals surface area contributed by atoms with Crippen molar-refractivity contribution in [3.8, 4) is 0 Å². The molecule has 1 aromatic carbocycles. The maximum atomic E-state index is 5.78. The van der Waals surface area contributed by atoms with Crippen LogP contribution in [0.3, 0.4) is 0 Å². The number of hydrogen-bond acceptors (Lipinski definition) is 4. The number of fused-ring (bicyclic) bond motifs is 1. The number of methoxy groups -OCH3 is 1. The molecule has 2 N–H and O–H groups in total. The summed E-state index contributed by atoms with van der Waals surface area (Å²) in [6, 6.07) is 5.80. The van der Waals surface area contributed by atoms with Crippen molar-refractivity contribution in [3.05, 3.63) is 24.4 Å². The van der Waals surface area contributed by atoms with Gasteiger partial charge in [-0.1, -0.05) is 0 Å². The molecule has 1 aromatic heterocycles. The van der Waals surface area contributed by atoms with Crippen LogP contribution in [-0.2, 0) is 16.0 Å². The molecule has 0 bridgehead atoms. The van der Waals surface area contributed by atoms with Crippen LogP contribution in [0.1, 0.15) is 6.42 Å². The number of aromatic nitrogens is 2. The van der Waals surface area contributed by atoms with Gasteiger partial charge in [-0.15, -0.1) is 0 Å². The molecule has 0 aliphatic rings. The smallest absolute Gasteiger partial charge is 0.0703 e. The first-order valence-electron chi connectivity index (χ1n) is 6.09. The molecule has 5 nitrogen and oxygen atoms in total. The summed E-state index contributed by atoms with van der Waals surface area (Å²) in [7, 11) is 1.69. The van der Waals surface area contributed by atoms with Crippen LogP contribution in [0.2, 0.25) is 0 Å². The highest BCUT2D eigenvalue weighted by Gasteiger charge is 2.02. The van der Waals surface area contributed by atoms with Gasteiger partial charge in [0.2, 0.25) is 0 Å². The van der Waals surface area contributed by atoms with Gasteiger partial charge in [0.1, 0.15) is 0 Å². The molecule has 0 radical (unpaired) electrons. The van der Waals surface area contributed by atoms with Crippen molar-refractivity contribution in [1.29, 1.82) is 0 Å². The molecule has 1 heterocycles. The Morgan fingerprint density at radius 3 is 3.00 bits per heavy atom. The second kappa shape index (κ2) is 6.37. The van der Waals surface area contributed by atoms with E-state index in [1.54, 1.807) is 7.11 Å². The minimum absolute atomic E-state index is 0.648. The molecule has 98 valence electrons. The van der Waals surface area contributed by atoms with E-state index in [9.17, 15) is 0 Å². The molecule has 0 amide bonds. The molecule has 5 heteroatoms. The highest BCUT2D eigenvalue weighted by atomic mass is 16.5. The normalized spacial score (nSPS) is 11.2. The number of ether oxygens (including phenoxy) is 2. The highest BCUT2D eigenvalue weighted by molar-refractivity contribution is 5.81. The molecule has 0 spiro atoms. The van der Waals surface area contributed by atoms with Gasteiger partial charge in [-0.2, -0.15) is 5.10 Å². The molecule has 0 aliphatic heterocycles. The minimum atomic E-state index is 0.648. The van der Waals surface area contributed by atoms with Crippen LogP contribution in [0.15, 0.2) is 24.4 Å². The summed E-state index contributed by atoms with van der Waals surface area (Å²) in [4.78, 5) is 0. The molecule has 0 fully saturated rings. The summed E-state index contributed by atoms with van der Waals surface area (Å²) in [5.41, 5.74) is 7.58. The van der Waals surface area contributed by atoms with Gasteiger partial charge in [0.25, 0.3) is 0 Å². The lowest BCUT2D eigenvalue weighted by molar-refractivity contribution is 0.0967. The van der Waals surface area contributed by atoms with Crippen LogP contribution in [0, 0.1) is 0 Å². The highest BCUT2D eigenvalue weighted by Crippen LogP contribution is 2.16. The fraction of sp³-hybridized carbons (Fsp3) is 0.462. The Morgan fingerprint density at radius 1 is 1.28 bits per heavy atom. The molecule has 2 aromatic rings. The quantitative estimate of drug-likeness (QED) is 0.599. The SMILES string of the molecule is COCCCOCCn1ncc2ccc(N)cc21. The van der Waals surface area contributed by atoms with Gasteiger partial charge in [0.05, 0.1) is 24.9 Å². The fourth-order valence-corrected chi connectivity index (χ4v) is 1.82. The lowest BCUT2D eigenvalue weighted by Crippen LogP contribution is -2.09. The van der Waals surface area contributed by atoms with Crippen LogP contribution in [0.5, 0.6) is 0 Å². The molecule has 0 saturated heterocycles. The van der Waals surface area contributed by atoms with Crippen LogP contribution in [-0.4, -0.2) is 36.7 Å².